The van der Waals surface area contributed by atoms with Crippen molar-refractivity contribution in [2.75, 3.05) is 13.7 Å². The number of methoxy groups -OCH3 is 1. The molecule has 0 N–H and O–H groups in total. The average Bonchev–Trinajstić information content (AvgIpc) is 2.40. The number of benzene rings is 1. The van der Waals surface area contributed by atoms with Gasteiger partial charge in [-0.15, -0.1) is 0 Å². The van der Waals surface area contributed by atoms with Crippen molar-refractivity contribution in [1.82, 2.24) is 4.98 Å². The number of fused-ring (bicyclic) bond motifs is 2. The number of rotatable bonds is 1. The number of aromatic nitrogens is 1. The zero-order chi connectivity index (χ0) is 12.7. The zero-order valence-electron chi connectivity index (χ0n) is 9.70. The highest BCUT2D eigenvalue weighted by atomic mass is 35.5. The maximum atomic E-state index is 11.6. The molecule has 3 rings (SSSR count). The number of nitrogens with zero attached hydrogens (tertiary/aromatic N) is 1. The molecular weight excluding hydrogens is 254 g/mol. The molecule has 0 bridgehead atoms. The molecule has 0 atom stereocenters. The number of carbonyl (C=O) groups is 1. The van der Waals surface area contributed by atoms with Crippen molar-refractivity contribution in [1.29, 1.82) is 0 Å². The number of hydrogen-bond acceptors (Lipinski definition) is 4. The Balaban J connectivity index is 2.33. The van der Waals surface area contributed by atoms with E-state index < -0.39 is 5.97 Å². The van der Waals surface area contributed by atoms with Crippen LogP contribution in [-0.2, 0) is 11.2 Å². The normalized spacial score (nSPS) is 14.2. The van der Waals surface area contributed by atoms with Crippen molar-refractivity contribution >= 4 is 28.5 Å². The third-order valence-corrected chi connectivity index (χ3v) is 3.43. The molecule has 0 fully saturated rings. The van der Waals surface area contributed by atoms with Crippen molar-refractivity contribution in [2.45, 2.75) is 6.42 Å². The van der Waals surface area contributed by atoms with E-state index in [-0.39, 0.29) is 0 Å². The third kappa shape index (κ3) is 1.61. The van der Waals surface area contributed by atoms with Crippen LogP contribution in [0.15, 0.2) is 18.2 Å². The monoisotopic (exact) mass is 263 g/mol. The van der Waals surface area contributed by atoms with Gasteiger partial charge in [0.25, 0.3) is 0 Å². The fourth-order valence-corrected chi connectivity index (χ4v) is 2.42. The van der Waals surface area contributed by atoms with Crippen LogP contribution in [0.2, 0.25) is 5.02 Å². The molecule has 0 aliphatic carbocycles. The SMILES string of the molecule is COc1ccc2nc3c(c(Cl)c2c1)CCOC3=O. The van der Waals surface area contributed by atoms with Crippen LogP contribution < -0.4 is 4.74 Å². The summed E-state index contributed by atoms with van der Waals surface area (Å²) in [6, 6.07) is 5.39. The van der Waals surface area contributed by atoms with Crippen LogP contribution in [0.3, 0.4) is 0 Å². The van der Waals surface area contributed by atoms with Gasteiger partial charge in [0.1, 0.15) is 5.75 Å². The smallest absolute Gasteiger partial charge is 0.357 e. The van der Waals surface area contributed by atoms with Gasteiger partial charge in [-0.2, -0.15) is 0 Å². The van der Waals surface area contributed by atoms with E-state index in [0.717, 1.165) is 10.9 Å². The first-order valence-electron chi connectivity index (χ1n) is 5.54. The summed E-state index contributed by atoms with van der Waals surface area (Å²) in [6.07, 6.45) is 0.597. The van der Waals surface area contributed by atoms with Crippen molar-refractivity contribution in [3.05, 3.63) is 34.5 Å². The van der Waals surface area contributed by atoms with E-state index in [4.69, 9.17) is 21.1 Å². The number of pyridine rings is 1. The predicted molar refractivity (Wildman–Crippen MR) is 67.3 cm³/mol. The molecule has 4 nitrogen and oxygen atoms in total. The Morgan fingerprint density at radius 2 is 2.28 bits per heavy atom. The molecule has 1 aromatic carbocycles. The molecule has 0 saturated heterocycles. The zero-order valence-corrected chi connectivity index (χ0v) is 10.5. The van der Waals surface area contributed by atoms with E-state index in [1.54, 1.807) is 19.2 Å². The predicted octanol–water partition coefficient (Wildman–Crippen LogP) is 2.61. The molecule has 2 heterocycles. The molecule has 1 aliphatic heterocycles. The quantitative estimate of drug-likeness (QED) is 0.742. The Kier molecular flexibility index (Phi) is 2.59. The van der Waals surface area contributed by atoms with Gasteiger partial charge in [-0.25, -0.2) is 9.78 Å². The molecule has 5 heteroatoms. The minimum absolute atomic E-state index is 0.323. The molecule has 92 valence electrons. The molecule has 1 aromatic heterocycles. The van der Waals surface area contributed by atoms with E-state index in [1.807, 2.05) is 6.07 Å². The maximum Gasteiger partial charge on any atom is 0.357 e. The van der Waals surface area contributed by atoms with E-state index in [2.05, 4.69) is 4.98 Å². The summed E-state index contributed by atoms with van der Waals surface area (Å²) in [4.78, 5) is 16.0. The number of hydrogen-bond donors (Lipinski definition) is 0. The second-order valence-electron chi connectivity index (χ2n) is 4.02. The van der Waals surface area contributed by atoms with Crippen LogP contribution in [0.5, 0.6) is 5.75 Å². The lowest BCUT2D eigenvalue weighted by Gasteiger charge is -2.17. The molecule has 0 amide bonds. The van der Waals surface area contributed by atoms with Gasteiger partial charge >= 0.3 is 5.97 Å². The minimum Gasteiger partial charge on any atom is -0.497 e. The van der Waals surface area contributed by atoms with Gasteiger partial charge < -0.3 is 9.47 Å². The van der Waals surface area contributed by atoms with Crippen LogP contribution in [-0.4, -0.2) is 24.7 Å². The fourth-order valence-electron chi connectivity index (χ4n) is 2.08. The molecule has 1 aliphatic rings. The van der Waals surface area contributed by atoms with E-state index in [0.29, 0.717) is 35.0 Å². The molecular formula is C13H10ClNO3. The highest BCUT2D eigenvalue weighted by Crippen LogP contribution is 2.32. The largest absolute Gasteiger partial charge is 0.497 e. The lowest BCUT2D eigenvalue weighted by Crippen LogP contribution is -2.19. The molecule has 0 spiro atoms. The summed E-state index contributed by atoms with van der Waals surface area (Å²) in [7, 11) is 1.60. The summed E-state index contributed by atoms with van der Waals surface area (Å²) in [6.45, 7) is 0.350. The standard InChI is InChI=1S/C13H10ClNO3/c1-17-7-2-3-10-9(6-7)11(14)8-4-5-18-13(16)12(8)15-10/h2-3,6H,4-5H2,1H3. The maximum absolute atomic E-state index is 11.6. The molecule has 0 radical (unpaired) electrons. The van der Waals surface area contributed by atoms with Crippen LogP contribution in [0, 0.1) is 0 Å². The van der Waals surface area contributed by atoms with Gasteiger partial charge in [-0.3, -0.25) is 0 Å². The Morgan fingerprint density at radius 3 is 3.06 bits per heavy atom. The average molecular weight is 264 g/mol. The highest BCUT2D eigenvalue weighted by Gasteiger charge is 2.24. The van der Waals surface area contributed by atoms with Gasteiger partial charge in [0, 0.05) is 17.4 Å². The Bertz CT molecular complexity index is 654. The van der Waals surface area contributed by atoms with E-state index >= 15 is 0 Å². The minimum atomic E-state index is -0.407. The number of carbonyl (C=O) groups excluding carboxylic acids is 1. The first-order valence-corrected chi connectivity index (χ1v) is 5.92. The summed E-state index contributed by atoms with van der Waals surface area (Å²) >= 11 is 6.35. The summed E-state index contributed by atoms with van der Waals surface area (Å²) < 4.78 is 10.1. The number of halogens is 1. The summed E-state index contributed by atoms with van der Waals surface area (Å²) in [5.74, 6) is 0.306. The van der Waals surface area contributed by atoms with Crippen molar-refractivity contribution < 1.29 is 14.3 Å². The second-order valence-corrected chi connectivity index (χ2v) is 4.40. The number of esters is 1. The topological polar surface area (TPSA) is 48.4 Å². The summed E-state index contributed by atoms with van der Waals surface area (Å²) in [5, 5.41) is 1.36. The Hall–Kier alpha value is -1.81. The van der Waals surface area contributed by atoms with Crippen LogP contribution in [0.25, 0.3) is 10.9 Å². The molecule has 2 aromatic rings. The third-order valence-electron chi connectivity index (χ3n) is 3.00. The number of ether oxygens (including phenoxy) is 2. The van der Waals surface area contributed by atoms with Gasteiger partial charge in [0.15, 0.2) is 5.69 Å². The van der Waals surface area contributed by atoms with E-state index in [9.17, 15) is 4.79 Å². The first-order chi connectivity index (χ1) is 8.70. The fraction of sp³-hybridized carbons (Fsp3) is 0.231. The molecule has 18 heavy (non-hydrogen) atoms. The molecule has 0 saturated carbocycles. The second kappa shape index (κ2) is 4.14. The van der Waals surface area contributed by atoms with Gasteiger partial charge in [-0.05, 0) is 18.2 Å². The highest BCUT2D eigenvalue weighted by molar-refractivity contribution is 6.36. The van der Waals surface area contributed by atoms with Gasteiger partial charge in [0.2, 0.25) is 0 Å². The Morgan fingerprint density at radius 1 is 1.44 bits per heavy atom. The van der Waals surface area contributed by atoms with Gasteiger partial charge in [0.05, 0.1) is 24.3 Å². The Labute approximate surface area is 108 Å². The van der Waals surface area contributed by atoms with Crippen molar-refractivity contribution in [3.8, 4) is 5.75 Å². The van der Waals surface area contributed by atoms with E-state index in [1.165, 1.54) is 0 Å². The van der Waals surface area contributed by atoms with Crippen LogP contribution in [0.1, 0.15) is 16.1 Å². The summed E-state index contributed by atoms with van der Waals surface area (Å²) in [5.41, 5.74) is 1.75. The molecule has 0 unspecified atom stereocenters. The number of cyclic esters (lactones) is 1. The van der Waals surface area contributed by atoms with Crippen molar-refractivity contribution in [3.63, 3.8) is 0 Å². The first kappa shape index (κ1) is 11.3. The van der Waals surface area contributed by atoms with Crippen LogP contribution in [0.4, 0.5) is 0 Å². The van der Waals surface area contributed by atoms with Crippen molar-refractivity contribution in [2.24, 2.45) is 0 Å². The lowest BCUT2D eigenvalue weighted by molar-refractivity contribution is 0.0472. The van der Waals surface area contributed by atoms with Crippen LogP contribution >= 0.6 is 11.6 Å². The lowest BCUT2D eigenvalue weighted by atomic mass is 10.0. The van der Waals surface area contributed by atoms with Gasteiger partial charge in [-0.1, -0.05) is 11.6 Å².